The quantitative estimate of drug-likeness (QED) is 0.736. The molecule has 5 nitrogen and oxygen atoms in total. The number of fused-ring (bicyclic) bond motifs is 1. The van der Waals surface area contributed by atoms with Gasteiger partial charge in [0.05, 0.1) is 26.0 Å². The average molecular weight is 319 g/mol. The molecule has 0 aliphatic carbocycles. The van der Waals surface area contributed by atoms with E-state index in [0.29, 0.717) is 0 Å². The van der Waals surface area contributed by atoms with E-state index in [-0.39, 0.29) is 6.17 Å². The molecule has 2 aromatic heterocycles. The van der Waals surface area contributed by atoms with Gasteiger partial charge in [-0.2, -0.15) is 0 Å². The summed E-state index contributed by atoms with van der Waals surface area (Å²) >= 11 is 0. The van der Waals surface area contributed by atoms with Gasteiger partial charge in [0.25, 0.3) is 5.82 Å². The number of aryl methyl sites for hydroxylation is 1. The van der Waals surface area contributed by atoms with E-state index in [0.717, 1.165) is 17.3 Å². The summed E-state index contributed by atoms with van der Waals surface area (Å²) in [4.78, 5) is 6.87. The maximum Gasteiger partial charge on any atom is 0.370 e. The van der Waals surface area contributed by atoms with Crippen LogP contribution in [0.2, 0.25) is 0 Å². The summed E-state index contributed by atoms with van der Waals surface area (Å²) in [5, 5.41) is 3.54. The molecule has 0 spiro atoms. The Bertz CT molecular complexity index is 906. The van der Waals surface area contributed by atoms with Crippen LogP contribution in [0.3, 0.4) is 0 Å². The number of hydrogen-bond donors (Lipinski definition) is 1. The van der Waals surface area contributed by atoms with Gasteiger partial charge in [-0.05, 0) is 36.2 Å². The Morgan fingerprint density at radius 1 is 1.04 bits per heavy atom. The van der Waals surface area contributed by atoms with Crippen molar-refractivity contribution in [1.29, 1.82) is 0 Å². The summed E-state index contributed by atoms with van der Waals surface area (Å²) in [5.74, 6) is 2.07. The lowest BCUT2D eigenvalue weighted by molar-refractivity contribution is -0.686. The largest absolute Gasteiger partial charge is 0.370 e. The lowest BCUT2D eigenvalue weighted by Crippen LogP contribution is -2.44. The fourth-order valence-electron chi connectivity index (χ4n) is 3.35. The summed E-state index contributed by atoms with van der Waals surface area (Å²) in [6, 6.07) is 16.7. The van der Waals surface area contributed by atoms with E-state index in [1.54, 1.807) is 0 Å². The van der Waals surface area contributed by atoms with Gasteiger partial charge in [0.15, 0.2) is 11.9 Å². The van der Waals surface area contributed by atoms with Crippen molar-refractivity contribution in [3.05, 3.63) is 60.9 Å². The van der Waals surface area contributed by atoms with Gasteiger partial charge in [-0.3, -0.25) is 0 Å². The first-order valence-corrected chi connectivity index (χ1v) is 8.11. The van der Waals surface area contributed by atoms with Crippen molar-refractivity contribution < 1.29 is 9.13 Å². The molecule has 1 atom stereocenters. The van der Waals surface area contributed by atoms with Crippen LogP contribution in [0.1, 0.15) is 6.92 Å². The van der Waals surface area contributed by atoms with Gasteiger partial charge in [-0.15, -0.1) is 0 Å². The molecule has 3 heterocycles. The van der Waals surface area contributed by atoms with Gasteiger partial charge in [-0.25, -0.2) is 14.0 Å². The maximum absolute atomic E-state index is 4.55. The lowest BCUT2D eigenvalue weighted by atomic mass is 10.2. The van der Waals surface area contributed by atoms with Crippen LogP contribution >= 0.6 is 0 Å². The van der Waals surface area contributed by atoms with E-state index in [4.69, 9.17) is 0 Å². The molecule has 0 fully saturated rings. The summed E-state index contributed by atoms with van der Waals surface area (Å²) in [5.41, 5.74) is 3.44. The van der Waals surface area contributed by atoms with Gasteiger partial charge in [0.2, 0.25) is 5.69 Å². The molecule has 0 amide bonds. The highest BCUT2D eigenvalue weighted by molar-refractivity contribution is 5.80. The van der Waals surface area contributed by atoms with Gasteiger partial charge >= 0.3 is 5.82 Å². The Morgan fingerprint density at radius 2 is 1.88 bits per heavy atom. The minimum Gasteiger partial charge on any atom is -0.344 e. The molecule has 1 aliphatic rings. The first kappa shape index (κ1) is 14.6. The molecule has 1 N–H and O–H groups in total. The van der Waals surface area contributed by atoms with Crippen LogP contribution in [0, 0.1) is 0 Å². The Balaban J connectivity index is 1.87. The van der Waals surface area contributed by atoms with Crippen LogP contribution in [0.4, 0.5) is 17.2 Å². The normalized spacial score (nSPS) is 16.0. The van der Waals surface area contributed by atoms with Crippen molar-refractivity contribution >= 4 is 17.2 Å². The highest BCUT2D eigenvalue weighted by Crippen LogP contribution is 2.38. The minimum absolute atomic E-state index is 0.196. The first-order valence-electron chi connectivity index (χ1n) is 8.11. The van der Waals surface area contributed by atoms with E-state index >= 15 is 0 Å². The predicted molar refractivity (Wildman–Crippen MR) is 93.7 cm³/mol. The van der Waals surface area contributed by atoms with E-state index in [2.05, 4.69) is 76.2 Å². The topological polar surface area (TPSA) is 35.9 Å². The molecule has 0 radical (unpaired) electrons. The van der Waals surface area contributed by atoms with Crippen molar-refractivity contribution in [3.8, 4) is 11.5 Å². The number of hydrogen-bond acceptors (Lipinski definition) is 3. The molecule has 1 aromatic carbocycles. The molecule has 0 bridgehead atoms. The number of anilines is 3. The van der Waals surface area contributed by atoms with Crippen LogP contribution < -0.4 is 19.4 Å². The summed E-state index contributed by atoms with van der Waals surface area (Å²) in [6.07, 6.45) is 4.04. The monoisotopic (exact) mass is 319 g/mol. The van der Waals surface area contributed by atoms with Crippen LogP contribution in [-0.2, 0) is 14.1 Å². The summed E-state index contributed by atoms with van der Waals surface area (Å²) < 4.78 is 4.24. The second kappa shape index (κ2) is 5.60. The van der Waals surface area contributed by atoms with Crippen molar-refractivity contribution in [3.63, 3.8) is 0 Å². The molecule has 24 heavy (non-hydrogen) atoms. The Labute approximate surface area is 141 Å². The average Bonchev–Trinajstić information content (AvgIpc) is 2.92. The molecule has 1 aliphatic heterocycles. The van der Waals surface area contributed by atoms with E-state index in [9.17, 15) is 0 Å². The number of benzene rings is 1. The number of aromatic nitrogens is 3. The fourth-order valence-corrected chi connectivity index (χ4v) is 3.35. The lowest BCUT2D eigenvalue weighted by Gasteiger charge is -2.18. The number of pyridine rings is 1. The van der Waals surface area contributed by atoms with Gasteiger partial charge in [0, 0.05) is 12.1 Å². The zero-order valence-corrected chi connectivity index (χ0v) is 14.1. The molecule has 5 heteroatoms. The third kappa shape index (κ3) is 2.21. The third-order valence-electron chi connectivity index (χ3n) is 4.52. The van der Waals surface area contributed by atoms with E-state index < -0.39 is 0 Å². The Morgan fingerprint density at radius 3 is 2.71 bits per heavy atom. The van der Waals surface area contributed by atoms with Gasteiger partial charge in [0.1, 0.15) is 6.20 Å². The zero-order chi connectivity index (χ0) is 16.7. The molecule has 4 rings (SSSR count). The van der Waals surface area contributed by atoms with Crippen LogP contribution in [0.15, 0.2) is 60.9 Å². The number of nitrogens with one attached hydrogen (secondary N) is 1. The second-order valence-corrected chi connectivity index (χ2v) is 6.09. The SMILES string of the molecule is C[C@@H]1Nc2ccccc2N1c1cccc(-c2nccc[n+]2C)[n+]1C. The van der Waals surface area contributed by atoms with Crippen LogP contribution in [0.25, 0.3) is 11.5 Å². The fraction of sp³-hybridized carbons (Fsp3) is 0.211. The van der Waals surface area contributed by atoms with Crippen LogP contribution in [0.5, 0.6) is 0 Å². The van der Waals surface area contributed by atoms with Gasteiger partial charge in [-0.1, -0.05) is 12.1 Å². The standard InChI is InChI=1S/C19H20N5/c1-14-21-15-8-4-5-9-16(15)24(14)18-11-6-10-17(23(18)3)19-20-12-7-13-22(19)2/h4-14H,1-3H3/q+1/p+1/t14-/m1/s1. The smallest absolute Gasteiger partial charge is 0.344 e. The Kier molecular flexibility index (Phi) is 3.41. The molecule has 120 valence electrons. The molecular weight excluding hydrogens is 298 g/mol. The van der Waals surface area contributed by atoms with E-state index in [1.807, 2.05) is 30.1 Å². The molecule has 0 saturated carbocycles. The molecule has 0 saturated heterocycles. The van der Waals surface area contributed by atoms with Crippen molar-refractivity contribution in [2.24, 2.45) is 14.1 Å². The van der Waals surface area contributed by atoms with Crippen LogP contribution in [-0.4, -0.2) is 11.1 Å². The first-order chi connectivity index (χ1) is 11.7. The molecule has 0 unspecified atom stereocenters. The summed E-state index contributed by atoms with van der Waals surface area (Å²) in [7, 11) is 4.11. The van der Waals surface area contributed by atoms with Gasteiger partial charge < -0.3 is 5.32 Å². The van der Waals surface area contributed by atoms with Crippen molar-refractivity contribution in [2.45, 2.75) is 13.1 Å². The number of rotatable bonds is 2. The zero-order valence-electron chi connectivity index (χ0n) is 14.1. The highest BCUT2D eigenvalue weighted by Gasteiger charge is 2.36. The summed E-state index contributed by atoms with van der Waals surface area (Å²) in [6.45, 7) is 2.17. The van der Waals surface area contributed by atoms with Crippen molar-refractivity contribution in [1.82, 2.24) is 4.98 Å². The van der Waals surface area contributed by atoms with E-state index in [1.165, 1.54) is 11.4 Å². The molecule has 3 aromatic rings. The van der Waals surface area contributed by atoms with Crippen molar-refractivity contribution in [2.75, 3.05) is 10.2 Å². The Hall–Kier alpha value is -2.95. The maximum atomic E-state index is 4.55. The number of para-hydroxylation sites is 2. The number of nitrogens with zero attached hydrogens (tertiary/aromatic N) is 4. The highest BCUT2D eigenvalue weighted by atomic mass is 15.4. The molecular formula is C19H21N5+2. The third-order valence-corrected chi connectivity index (χ3v) is 4.52. The second-order valence-electron chi connectivity index (χ2n) is 6.09. The minimum atomic E-state index is 0.196. The predicted octanol–water partition coefficient (Wildman–Crippen LogP) is 2.31.